The smallest absolute Gasteiger partial charge is 0.304 e. The van der Waals surface area contributed by atoms with Crippen molar-refractivity contribution in [2.24, 2.45) is 5.41 Å². The van der Waals surface area contributed by atoms with Crippen LogP contribution < -0.4 is 0 Å². The van der Waals surface area contributed by atoms with Crippen LogP contribution in [0.5, 0.6) is 0 Å². The Balaban J connectivity index is 1.70. The number of likely N-dealkylation sites (tertiary alicyclic amines) is 1. The molecule has 0 aromatic heterocycles. The number of carboxylic acids is 1. The normalized spacial score (nSPS) is 26.0. The molecule has 0 aromatic rings. The van der Waals surface area contributed by atoms with E-state index in [1.807, 2.05) is 0 Å². The number of carboxylic acid groups (broad SMARTS) is 1. The van der Waals surface area contributed by atoms with E-state index in [0.717, 1.165) is 19.6 Å². The van der Waals surface area contributed by atoms with E-state index in [4.69, 9.17) is 5.11 Å². The lowest BCUT2D eigenvalue weighted by Gasteiger charge is -2.52. The van der Waals surface area contributed by atoms with E-state index in [2.05, 4.69) is 4.90 Å². The lowest BCUT2D eigenvalue weighted by Crippen LogP contribution is -2.57. The summed E-state index contributed by atoms with van der Waals surface area (Å²) < 4.78 is 0. The second kappa shape index (κ2) is 3.89. The van der Waals surface area contributed by atoms with Gasteiger partial charge < -0.3 is 10.0 Å². The third kappa shape index (κ3) is 2.08. The maximum absolute atomic E-state index is 10.4. The fraction of sp³-hybridized carbons (Fsp3) is 0.909. The highest BCUT2D eigenvalue weighted by atomic mass is 16.4. The van der Waals surface area contributed by atoms with Crippen molar-refractivity contribution < 1.29 is 9.90 Å². The number of hydrogen-bond donors (Lipinski definition) is 1. The summed E-state index contributed by atoms with van der Waals surface area (Å²) in [5.74, 6) is -0.672. The van der Waals surface area contributed by atoms with Crippen molar-refractivity contribution in [3.8, 4) is 0 Å². The first kappa shape index (κ1) is 9.97. The van der Waals surface area contributed by atoms with Gasteiger partial charge in [-0.1, -0.05) is 19.3 Å². The molecule has 1 N–H and O–H groups in total. The molecule has 1 aliphatic carbocycles. The molecule has 0 aromatic carbocycles. The molecule has 1 saturated carbocycles. The van der Waals surface area contributed by atoms with E-state index in [1.165, 1.54) is 32.1 Å². The SMILES string of the molecule is O=C(O)CCN1CC2(CCCCC2)C1. The van der Waals surface area contributed by atoms with Gasteiger partial charge in [-0.15, -0.1) is 0 Å². The van der Waals surface area contributed by atoms with Crippen molar-refractivity contribution in [1.29, 1.82) is 0 Å². The van der Waals surface area contributed by atoms with Gasteiger partial charge in [0.25, 0.3) is 0 Å². The predicted molar refractivity (Wildman–Crippen MR) is 54.2 cm³/mol. The molecule has 0 atom stereocenters. The van der Waals surface area contributed by atoms with E-state index < -0.39 is 5.97 Å². The van der Waals surface area contributed by atoms with E-state index >= 15 is 0 Å². The average molecular weight is 197 g/mol. The van der Waals surface area contributed by atoms with Crippen molar-refractivity contribution >= 4 is 5.97 Å². The van der Waals surface area contributed by atoms with E-state index in [9.17, 15) is 4.79 Å². The standard InChI is InChI=1S/C11H19NO2/c13-10(14)4-7-12-8-11(9-12)5-2-1-3-6-11/h1-9H2,(H,13,14). The Bertz CT molecular complexity index is 213. The second-order valence-corrected chi connectivity index (χ2v) is 4.92. The van der Waals surface area contributed by atoms with Gasteiger partial charge in [0.1, 0.15) is 0 Å². The first-order valence-corrected chi connectivity index (χ1v) is 5.64. The van der Waals surface area contributed by atoms with Crippen LogP contribution >= 0.6 is 0 Å². The molecule has 2 aliphatic rings. The van der Waals surface area contributed by atoms with Gasteiger partial charge in [-0.25, -0.2) is 0 Å². The molecule has 80 valence electrons. The summed E-state index contributed by atoms with van der Waals surface area (Å²) in [6.45, 7) is 3.05. The molecule has 0 bridgehead atoms. The highest BCUT2D eigenvalue weighted by Gasteiger charge is 2.42. The minimum absolute atomic E-state index is 0.302. The summed E-state index contributed by atoms with van der Waals surface area (Å²) in [5, 5.41) is 8.56. The quantitative estimate of drug-likeness (QED) is 0.749. The molecular formula is C11H19NO2. The number of nitrogens with zero attached hydrogens (tertiary/aromatic N) is 1. The molecule has 0 amide bonds. The molecule has 3 nitrogen and oxygen atoms in total. The largest absolute Gasteiger partial charge is 0.481 e. The van der Waals surface area contributed by atoms with Crippen molar-refractivity contribution in [2.75, 3.05) is 19.6 Å². The third-order valence-corrected chi connectivity index (χ3v) is 3.67. The van der Waals surface area contributed by atoms with Crippen molar-refractivity contribution in [3.63, 3.8) is 0 Å². The van der Waals surface area contributed by atoms with Gasteiger partial charge in [0.05, 0.1) is 6.42 Å². The van der Waals surface area contributed by atoms with Crippen LogP contribution in [0.1, 0.15) is 38.5 Å². The van der Waals surface area contributed by atoms with Crippen LogP contribution in [0.3, 0.4) is 0 Å². The van der Waals surface area contributed by atoms with Gasteiger partial charge >= 0.3 is 5.97 Å². The number of aliphatic carboxylic acids is 1. The lowest BCUT2D eigenvalue weighted by atomic mass is 9.68. The molecule has 2 rings (SSSR count). The Morgan fingerprint density at radius 3 is 2.43 bits per heavy atom. The first-order chi connectivity index (χ1) is 6.70. The van der Waals surface area contributed by atoms with Crippen LogP contribution in [-0.4, -0.2) is 35.6 Å². The van der Waals surface area contributed by atoms with Gasteiger partial charge in [-0.05, 0) is 18.3 Å². The topological polar surface area (TPSA) is 40.5 Å². The zero-order valence-corrected chi connectivity index (χ0v) is 8.67. The molecule has 0 unspecified atom stereocenters. The maximum atomic E-state index is 10.4. The predicted octanol–water partition coefficient (Wildman–Crippen LogP) is 1.73. The summed E-state index contributed by atoms with van der Waals surface area (Å²) in [6.07, 6.45) is 7.21. The van der Waals surface area contributed by atoms with E-state index in [1.54, 1.807) is 0 Å². The summed E-state index contributed by atoms with van der Waals surface area (Å²) >= 11 is 0. The Labute approximate surface area is 85.1 Å². The molecule has 2 fully saturated rings. The molecule has 3 heteroatoms. The van der Waals surface area contributed by atoms with Crippen molar-refractivity contribution in [1.82, 2.24) is 4.90 Å². The molecular weight excluding hydrogens is 178 g/mol. The summed E-state index contributed by atoms with van der Waals surface area (Å²) in [4.78, 5) is 12.7. The number of carbonyl (C=O) groups is 1. The first-order valence-electron chi connectivity index (χ1n) is 5.64. The Kier molecular flexibility index (Phi) is 2.77. The highest BCUT2D eigenvalue weighted by molar-refractivity contribution is 5.66. The Hall–Kier alpha value is -0.570. The lowest BCUT2D eigenvalue weighted by molar-refractivity contribution is -0.138. The average Bonchev–Trinajstić information content (AvgIpc) is 2.12. The van der Waals surface area contributed by atoms with Crippen LogP contribution in [-0.2, 0) is 4.79 Å². The Morgan fingerprint density at radius 1 is 1.21 bits per heavy atom. The second-order valence-electron chi connectivity index (χ2n) is 4.92. The monoisotopic (exact) mass is 197 g/mol. The molecule has 1 aliphatic heterocycles. The molecule has 1 spiro atoms. The van der Waals surface area contributed by atoms with Crippen LogP contribution in [0.15, 0.2) is 0 Å². The molecule has 14 heavy (non-hydrogen) atoms. The van der Waals surface area contributed by atoms with E-state index in [0.29, 0.717) is 11.8 Å². The fourth-order valence-corrected chi connectivity index (χ4v) is 2.93. The van der Waals surface area contributed by atoms with Gasteiger partial charge in [0, 0.05) is 19.6 Å². The number of rotatable bonds is 3. The molecule has 0 radical (unpaired) electrons. The molecule has 1 saturated heterocycles. The summed E-state index contributed by atoms with van der Waals surface area (Å²) in [6, 6.07) is 0. The van der Waals surface area contributed by atoms with E-state index in [-0.39, 0.29) is 0 Å². The van der Waals surface area contributed by atoms with Gasteiger partial charge in [0.2, 0.25) is 0 Å². The minimum Gasteiger partial charge on any atom is -0.481 e. The van der Waals surface area contributed by atoms with Crippen LogP contribution in [0.25, 0.3) is 0 Å². The number of hydrogen-bond acceptors (Lipinski definition) is 2. The molecule has 1 heterocycles. The fourth-order valence-electron chi connectivity index (χ4n) is 2.93. The van der Waals surface area contributed by atoms with Gasteiger partial charge in [-0.2, -0.15) is 0 Å². The third-order valence-electron chi connectivity index (χ3n) is 3.67. The van der Waals surface area contributed by atoms with Crippen LogP contribution in [0.2, 0.25) is 0 Å². The van der Waals surface area contributed by atoms with Crippen LogP contribution in [0.4, 0.5) is 0 Å². The highest BCUT2D eigenvalue weighted by Crippen LogP contribution is 2.43. The maximum Gasteiger partial charge on any atom is 0.304 e. The van der Waals surface area contributed by atoms with Gasteiger partial charge in [-0.3, -0.25) is 4.79 Å². The van der Waals surface area contributed by atoms with Gasteiger partial charge in [0.15, 0.2) is 0 Å². The summed E-state index contributed by atoms with van der Waals surface area (Å²) in [5.41, 5.74) is 0.594. The van der Waals surface area contributed by atoms with Crippen LogP contribution in [0, 0.1) is 5.41 Å². The van der Waals surface area contributed by atoms with Crippen molar-refractivity contribution in [3.05, 3.63) is 0 Å². The summed E-state index contributed by atoms with van der Waals surface area (Å²) in [7, 11) is 0. The zero-order chi connectivity index (χ0) is 10.0. The Morgan fingerprint density at radius 2 is 1.86 bits per heavy atom. The van der Waals surface area contributed by atoms with Crippen molar-refractivity contribution in [2.45, 2.75) is 38.5 Å². The minimum atomic E-state index is -0.672. The zero-order valence-electron chi connectivity index (χ0n) is 8.67.